The first-order valence-corrected chi connectivity index (χ1v) is 7.83. The van der Waals surface area contributed by atoms with Gasteiger partial charge in [0.15, 0.2) is 24.1 Å². The summed E-state index contributed by atoms with van der Waals surface area (Å²) in [5.74, 6) is -0.957. The number of benzene rings is 2. The SMILES string of the molecule is COc1ccc(OCC(=O)NCc2nnnn2-c2ccc(F)c(F)c2)cc1. The lowest BCUT2D eigenvalue weighted by molar-refractivity contribution is -0.123. The average molecular weight is 375 g/mol. The maximum absolute atomic E-state index is 13.4. The van der Waals surface area contributed by atoms with Crippen molar-refractivity contribution in [3.63, 3.8) is 0 Å². The Morgan fingerprint density at radius 1 is 1.11 bits per heavy atom. The van der Waals surface area contributed by atoms with E-state index in [2.05, 4.69) is 20.8 Å². The molecule has 1 heterocycles. The molecular weight excluding hydrogens is 360 g/mol. The van der Waals surface area contributed by atoms with E-state index in [-0.39, 0.29) is 24.7 Å². The van der Waals surface area contributed by atoms with Gasteiger partial charge in [0.1, 0.15) is 11.5 Å². The number of hydrogen-bond donors (Lipinski definition) is 1. The van der Waals surface area contributed by atoms with Crippen LogP contribution in [0, 0.1) is 11.6 Å². The summed E-state index contributed by atoms with van der Waals surface area (Å²) in [6.45, 7) is -0.226. The minimum Gasteiger partial charge on any atom is -0.497 e. The second-order valence-corrected chi connectivity index (χ2v) is 5.35. The summed E-state index contributed by atoms with van der Waals surface area (Å²) in [5.41, 5.74) is 0.234. The highest BCUT2D eigenvalue weighted by molar-refractivity contribution is 5.77. The normalized spacial score (nSPS) is 10.5. The second kappa shape index (κ2) is 8.21. The van der Waals surface area contributed by atoms with Gasteiger partial charge in [-0.2, -0.15) is 4.68 Å². The van der Waals surface area contributed by atoms with Gasteiger partial charge in [-0.1, -0.05) is 0 Å². The highest BCUT2D eigenvalue weighted by atomic mass is 19.2. The van der Waals surface area contributed by atoms with Crippen LogP contribution in [0.15, 0.2) is 42.5 Å². The van der Waals surface area contributed by atoms with Crippen LogP contribution in [0.4, 0.5) is 8.78 Å². The van der Waals surface area contributed by atoms with Crippen molar-refractivity contribution in [3.05, 3.63) is 59.9 Å². The molecule has 0 aliphatic carbocycles. The minimum absolute atomic E-state index is 0.0171. The van der Waals surface area contributed by atoms with E-state index < -0.39 is 17.5 Å². The summed E-state index contributed by atoms with van der Waals surface area (Å²) in [6, 6.07) is 10.0. The van der Waals surface area contributed by atoms with Crippen molar-refractivity contribution in [2.75, 3.05) is 13.7 Å². The molecule has 1 aromatic heterocycles. The number of nitrogens with one attached hydrogen (secondary N) is 1. The highest BCUT2D eigenvalue weighted by Crippen LogP contribution is 2.17. The van der Waals surface area contributed by atoms with E-state index in [0.29, 0.717) is 11.5 Å². The Hall–Kier alpha value is -3.56. The van der Waals surface area contributed by atoms with Gasteiger partial charge in [0, 0.05) is 6.07 Å². The molecular formula is C17H15F2N5O3. The molecule has 0 saturated heterocycles. The molecule has 0 unspecified atom stereocenters. The summed E-state index contributed by atoms with van der Waals surface area (Å²) >= 11 is 0. The fourth-order valence-corrected chi connectivity index (χ4v) is 2.18. The van der Waals surface area contributed by atoms with E-state index in [1.54, 1.807) is 31.4 Å². The third kappa shape index (κ3) is 4.54. The third-order valence-corrected chi connectivity index (χ3v) is 3.55. The van der Waals surface area contributed by atoms with Gasteiger partial charge in [0.2, 0.25) is 0 Å². The van der Waals surface area contributed by atoms with Crippen LogP contribution in [0.25, 0.3) is 5.69 Å². The number of methoxy groups -OCH3 is 1. The van der Waals surface area contributed by atoms with E-state index in [9.17, 15) is 13.6 Å². The van der Waals surface area contributed by atoms with Crippen molar-refractivity contribution in [2.24, 2.45) is 0 Å². The molecule has 0 fully saturated rings. The van der Waals surface area contributed by atoms with E-state index in [1.165, 1.54) is 10.7 Å². The lowest BCUT2D eigenvalue weighted by Crippen LogP contribution is -2.29. The topological polar surface area (TPSA) is 91.2 Å². The maximum atomic E-state index is 13.4. The minimum atomic E-state index is -1.02. The monoisotopic (exact) mass is 375 g/mol. The lowest BCUT2D eigenvalue weighted by Gasteiger charge is -2.08. The molecule has 0 saturated carbocycles. The van der Waals surface area contributed by atoms with E-state index in [1.807, 2.05) is 0 Å². The Balaban J connectivity index is 1.56. The standard InChI is InChI=1S/C17H15F2N5O3/c1-26-12-3-5-13(6-4-12)27-10-17(25)20-9-16-21-22-23-24(16)11-2-7-14(18)15(19)8-11/h2-8H,9-10H2,1H3,(H,20,25). The Morgan fingerprint density at radius 3 is 2.56 bits per heavy atom. The summed E-state index contributed by atoms with van der Waals surface area (Å²) in [5, 5.41) is 13.6. The van der Waals surface area contributed by atoms with Gasteiger partial charge in [0.05, 0.1) is 19.3 Å². The van der Waals surface area contributed by atoms with Crippen molar-refractivity contribution in [2.45, 2.75) is 6.54 Å². The zero-order valence-corrected chi connectivity index (χ0v) is 14.2. The van der Waals surface area contributed by atoms with Crippen molar-refractivity contribution in [3.8, 4) is 17.2 Å². The number of carbonyl (C=O) groups is 1. The Bertz CT molecular complexity index is 931. The molecule has 0 spiro atoms. The number of aromatic nitrogens is 4. The number of halogens is 2. The number of amides is 1. The van der Waals surface area contributed by atoms with Gasteiger partial charge in [-0.15, -0.1) is 5.10 Å². The molecule has 0 aliphatic rings. The second-order valence-electron chi connectivity index (χ2n) is 5.35. The number of ether oxygens (including phenoxy) is 2. The Kier molecular flexibility index (Phi) is 5.55. The van der Waals surface area contributed by atoms with Crippen LogP contribution in [0.3, 0.4) is 0 Å². The number of carbonyl (C=O) groups excluding carboxylic acids is 1. The third-order valence-electron chi connectivity index (χ3n) is 3.55. The van der Waals surface area contributed by atoms with Gasteiger partial charge in [0.25, 0.3) is 5.91 Å². The molecule has 3 rings (SSSR count). The number of rotatable bonds is 7. The first kappa shape index (κ1) is 18.2. The van der Waals surface area contributed by atoms with Crippen molar-refractivity contribution >= 4 is 5.91 Å². The first-order valence-electron chi connectivity index (χ1n) is 7.83. The molecule has 0 radical (unpaired) electrons. The Morgan fingerprint density at radius 2 is 1.85 bits per heavy atom. The summed E-state index contributed by atoms with van der Waals surface area (Å²) in [4.78, 5) is 11.9. The van der Waals surface area contributed by atoms with Gasteiger partial charge < -0.3 is 14.8 Å². The quantitative estimate of drug-likeness (QED) is 0.675. The highest BCUT2D eigenvalue weighted by Gasteiger charge is 2.12. The van der Waals surface area contributed by atoms with Gasteiger partial charge in [-0.3, -0.25) is 4.79 Å². The summed E-state index contributed by atoms with van der Waals surface area (Å²) in [7, 11) is 1.55. The van der Waals surface area contributed by atoms with Crippen LogP contribution in [0.5, 0.6) is 11.5 Å². The van der Waals surface area contributed by atoms with E-state index >= 15 is 0 Å². The van der Waals surface area contributed by atoms with Crippen molar-refractivity contribution < 1.29 is 23.0 Å². The van der Waals surface area contributed by atoms with Crippen LogP contribution in [0.1, 0.15) is 5.82 Å². The molecule has 0 atom stereocenters. The average Bonchev–Trinajstić information content (AvgIpc) is 3.16. The number of tetrazole rings is 1. The predicted octanol–water partition coefficient (Wildman–Crippen LogP) is 1.64. The predicted molar refractivity (Wildman–Crippen MR) is 89.4 cm³/mol. The van der Waals surface area contributed by atoms with Crippen LogP contribution >= 0.6 is 0 Å². The molecule has 1 N–H and O–H groups in total. The van der Waals surface area contributed by atoms with Crippen LogP contribution in [0.2, 0.25) is 0 Å². The molecule has 2 aromatic carbocycles. The molecule has 1 amide bonds. The summed E-state index contributed by atoms with van der Waals surface area (Å²) < 4.78 is 38.0. The van der Waals surface area contributed by atoms with Gasteiger partial charge >= 0.3 is 0 Å². The Labute approximate surface area is 152 Å². The number of hydrogen-bond acceptors (Lipinski definition) is 6. The number of nitrogens with zero attached hydrogens (tertiary/aromatic N) is 4. The van der Waals surface area contributed by atoms with Crippen molar-refractivity contribution in [1.29, 1.82) is 0 Å². The zero-order chi connectivity index (χ0) is 19.2. The van der Waals surface area contributed by atoms with Crippen molar-refractivity contribution in [1.82, 2.24) is 25.5 Å². The first-order chi connectivity index (χ1) is 13.1. The van der Waals surface area contributed by atoms with Gasteiger partial charge in [-0.25, -0.2) is 8.78 Å². The molecule has 10 heteroatoms. The largest absolute Gasteiger partial charge is 0.497 e. The van der Waals surface area contributed by atoms with Crippen LogP contribution in [-0.2, 0) is 11.3 Å². The maximum Gasteiger partial charge on any atom is 0.258 e. The van der Waals surface area contributed by atoms with Crippen LogP contribution < -0.4 is 14.8 Å². The zero-order valence-electron chi connectivity index (χ0n) is 14.2. The molecule has 27 heavy (non-hydrogen) atoms. The molecule has 0 bridgehead atoms. The van der Waals surface area contributed by atoms with E-state index in [0.717, 1.165) is 12.1 Å². The fourth-order valence-electron chi connectivity index (χ4n) is 2.18. The fraction of sp³-hybridized carbons (Fsp3) is 0.176. The smallest absolute Gasteiger partial charge is 0.258 e. The van der Waals surface area contributed by atoms with Crippen LogP contribution in [-0.4, -0.2) is 39.8 Å². The molecule has 140 valence electrons. The molecule has 0 aliphatic heterocycles. The van der Waals surface area contributed by atoms with Gasteiger partial charge in [-0.05, 0) is 46.8 Å². The molecule has 8 nitrogen and oxygen atoms in total. The molecule has 3 aromatic rings. The lowest BCUT2D eigenvalue weighted by atomic mass is 10.3. The van der Waals surface area contributed by atoms with E-state index in [4.69, 9.17) is 9.47 Å². The summed E-state index contributed by atoms with van der Waals surface area (Å²) in [6.07, 6.45) is 0.